The maximum atomic E-state index is 12.7. The maximum Gasteiger partial charge on any atom is 0.284 e. The van der Waals surface area contributed by atoms with Gasteiger partial charge >= 0.3 is 0 Å². The van der Waals surface area contributed by atoms with Crippen LogP contribution in [0.15, 0.2) is 23.1 Å². The fourth-order valence-electron chi connectivity index (χ4n) is 1.87. The molecule has 114 valence electrons. The summed E-state index contributed by atoms with van der Waals surface area (Å²) in [5.41, 5.74) is 1.29. The summed E-state index contributed by atoms with van der Waals surface area (Å²) in [4.78, 5) is -0.112. The summed E-state index contributed by atoms with van der Waals surface area (Å²) in [5.74, 6) is 0. The molecule has 21 heavy (non-hydrogen) atoms. The highest BCUT2D eigenvalue weighted by atomic mass is 35.5. The molecule has 0 saturated carbocycles. The number of nitrogens with zero attached hydrogens (tertiary/aromatic N) is 2. The first-order chi connectivity index (χ1) is 9.81. The SMILES string of the molecule is CCc1cc(CC)n(S(=O)(=O)c2cc(Cl)c(Cl)cc2Cl)n1. The monoisotopic (exact) mass is 366 g/mol. The van der Waals surface area contributed by atoms with Gasteiger partial charge in [-0.2, -0.15) is 17.6 Å². The molecule has 1 heterocycles. The van der Waals surface area contributed by atoms with Crippen LogP contribution in [0.2, 0.25) is 15.1 Å². The minimum Gasteiger partial charge on any atom is -0.199 e. The van der Waals surface area contributed by atoms with Crippen LogP contribution in [0.25, 0.3) is 0 Å². The van der Waals surface area contributed by atoms with Gasteiger partial charge in [0.15, 0.2) is 0 Å². The summed E-state index contributed by atoms with van der Waals surface area (Å²) < 4.78 is 26.5. The molecular formula is C13H13Cl3N2O2S. The number of aromatic nitrogens is 2. The lowest BCUT2D eigenvalue weighted by molar-refractivity contribution is 0.576. The van der Waals surface area contributed by atoms with Crippen LogP contribution in [0.4, 0.5) is 0 Å². The maximum absolute atomic E-state index is 12.7. The Balaban J connectivity index is 2.68. The van der Waals surface area contributed by atoms with Gasteiger partial charge in [0.1, 0.15) is 4.90 Å². The van der Waals surface area contributed by atoms with Crippen molar-refractivity contribution in [2.24, 2.45) is 0 Å². The van der Waals surface area contributed by atoms with Crippen molar-refractivity contribution in [2.45, 2.75) is 31.6 Å². The van der Waals surface area contributed by atoms with Crippen molar-refractivity contribution in [1.29, 1.82) is 0 Å². The fraction of sp³-hybridized carbons (Fsp3) is 0.308. The Kier molecular flexibility index (Phi) is 4.88. The molecule has 1 aromatic carbocycles. The van der Waals surface area contributed by atoms with Gasteiger partial charge in [0.05, 0.1) is 26.5 Å². The van der Waals surface area contributed by atoms with Crippen molar-refractivity contribution in [1.82, 2.24) is 9.19 Å². The lowest BCUT2D eigenvalue weighted by Gasteiger charge is -2.10. The summed E-state index contributed by atoms with van der Waals surface area (Å²) in [6.07, 6.45) is 1.18. The Hall–Kier alpha value is -0.750. The molecule has 0 N–H and O–H groups in total. The molecule has 0 aliphatic rings. The second-order valence-corrected chi connectivity index (χ2v) is 7.34. The minimum atomic E-state index is -3.91. The molecule has 0 aliphatic heterocycles. The first-order valence-corrected chi connectivity index (χ1v) is 8.86. The van der Waals surface area contributed by atoms with Crippen LogP contribution in [-0.4, -0.2) is 17.6 Å². The topological polar surface area (TPSA) is 52.0 Å². The molecule has 0 spiro atoms. The largest absolute Gasteiger partial charge is 0.284 e. The third kappa shape index (κ3) is 3.06. The molecule has 4 nitrogen and oxygen atoms in total. The Morgan fingerprint density at radius 2 is 1.62 bits per heavy atom. The Labute approximate surface area is 138 Å². The smallest absolute Gasteiger partial charge is 0.199 e. The zero-order chi connectivity index (χ0) is 15.8. The molecule has 2 rings (SSSR count). The number of hydrogen-bond acceptors (Lipinski definition) is 3. The third-order valence-electron chi connectivity index (χ3n) is 3.00. The van der Waals surface area contributed by atoms with Crippen LogP contribution in [0.5, 0.6) is 0 Å². The van der Waals surface area contributed by atoms with E-state index in [2.05, 4.69) is 5.10 Å². The van der Waals surface area contributed by atoms with Gasteiger partial charge in [0.25, 0.3) is 10.0 Å². The van der Waals surface area contributed by atoms with E-state index in [1.165, 1.54) is 12.1 Å². The second-order valence-electron chi connectivity index (χ2n) is 4.38. The van der Waals surface area contributed by atoms with Gasteiger partial charge in [0.2, 0.25) is 0 Å². The highest BCUT2D eigenvalue weighted by Gasteiger charge is 2.25. The van der Waals surface area contributed by atoms with E-state index < -0.39 is 10.0 Å². The minimum absolute atomic E-state index is 0.0139. The highest BCUT2D eigenvalue weighted by molar-refractivity contribution is 7.90. The number of aryl methyl sites for hydroxylation is 2. The second kappa shape index (κ2) is 6.16. The molecule has 0 unspecified atom stereocenters. The molecule has 0 amide bonds. The van der Waals surface area contributed by atoms with Crippen LogP contribution in [-0.2, 0) is 22.9 Å². The van der Waals surface area contributed by atoms with Gasteiger partial charge in [-0.25, -0.2) is 0 Å². The van der Waals surface area contributed by atoms with Gasteiger partial charge < -0.3 is 0 Å². The lowest BCUT2D eigenvalue weighted by Crippen LogP contribution is -2.17. The van der Waals surface area contributed by atoms with Crippen LogP contribution < -0.4 is 0 Å². The van der Waals surface area contributed by atoms with E-state index in [9.17, 15) is 8.42 Å². The molecule has 1 aromatic heterocycles. The van der Waals surface area contributed by atoms with E-state index in [1.807, 2.05) is 13.8 Å². The summed E-state index contributed by atoms with van der Waals surface area (Å²) in [7, 11) is -3.91. The van der Waals surface area contributed by atoms with Gasteiger partial charge in [-0.05, 0) is 31.0 Å². The zero-order valence-corrected chi connectivity index (χ0v) is 14.5. The van der Waals surface area contributed by atoms with Gasteiger partial charge in [-0.1, -0.05) is 48.7 Å². The van der Waals surface area contributed by atoms with E-state index >= 15 is 0 Å². The van der Waals surface area contributed by atoms with Crippen LogP contribution >= 0.6 is 34.8 Å². The van der Waals surface area contributed by atoms with E-state index in [0.717, 1.165) is 4.09 Å². The predicted molar refractivity (Wildman–Crippen MR) is 85.0 cm³/mol. The highest BCUT2D eigenvalue weighted by Crippen LogP contribution is 2.32. The number of hydrogen-bond donors (Lipinski definition) is 0. The normalized spacial score (nSPS) is 11.9. The molecule has 0 bridgehead atoms. The molecular weight excluding hydrogens is 355 g/mol. The van der Waals surface area contributed by atoms with E-state index in [0.29, 0.717) is 24.2 Å². The Morgan fingerprint density at radius 1 is 1.00 bits per heavy atom. The fourth-order valence-corrected chi connectivity index (χ4v) is 4.24. The van der Waals surface area contributed by atoms with Gasteiger partial charge in [-0.15, -0.1) is 0 Å². The molecule has 0 radical (unpaired) electrons. The van der Waals surface area contributed by atoms with Crippen molar-refractivity contribution >= 4 is 44.8 Å². The predicted octanol–water partition coefficient (Wildman–Crippen LogP) is 4.21. The molecule has 0 atom stereocenters. The lowest BCUT2D eigenvalue weighted by atomic mass is 10.3. The Morgan fingerprint density at radius 3 is 2.19 bits per heavy atom. The Bertz CT molecular complexity index is 785. The van der Waals surface area contributed by atoms with E-state index in [1.54, 1.807) is 6.07 Å². The molecule has 8 heteroatoms. The number of rotatable bonds is 4. The molecule has 0 saturated heterocycles. The third-order valence-corrected chi connectivity index (χ3v) is 5.82. The van der Waals surface area contributed by atoms with Crippen molar-refractivity contribution in [2.75, 3.05) is 0 Å². The summed E-state index contributed by atoms with van der Waals surface area (Å²) in [6.45, 7) is 3.77. The average Bonchev–Trinajstić information content (AvgIpc) is 2.86. The van der Waals surface area contributed by atoms with Gasteiger partial charge in [0, 0.05) is 0 Å². The molecule has 0 fully saturated rings. The quantitative estimate of drug-likeness (QED) is 0.761. The first kappa shape index (κ1) is 16.6. The van der Waals surface area contributed by atoms with Crippen molar-refractivity contribution in [3.8, 4) is 0 Å². The summed E-state index contributed by atoms with van der Waals surface area (Å²) >= 11 is 17.7. The number of benzene rings is 1. The van der Waals surface area contributed by atoms with Gasteiger partial charge in [-0.3, -0.25) is 0 Å². The standard InChI is InChI=1S/C13H13Cl3N2O2S/c1-3-8-5-9(4-2)18(17-8)21(19,20)13-7-11(15)10(14)6-12(13)16/h5-7H,3-4H2,1-2H3. The van der Waals surface area contributed by atoms with Crippen LogP contribution in [0.1, 0.15) is 25.2 Å². The molecule has 0 aliphatic carbocycles. The van der Waals surface area contributed by atoms with Crippen LogP contribution in [0, 0.1) is 0 Å². The van der Waals surface area contributed by atoms with Crippen molar-refractivity contribution < 1.29 is 8.42 Å². The summed E-state index contributed by atoms with van der Waals surface area (Å²) in [6, 6.07) is 4.32. The average molecular weight is 368 g/mol. The van der Waals surface area contributed by atoms with Crippen LogP contribution in [0.3, 0.4) is 0 Å². The van der Waals surface area contributed by atoms with Crippen molar-refractivity contribution in [3.63, 3.8) is 0 Å². The first-order valence-electron chi connectivity index (χ1n) is 6.29. The number of halogens is 3. The summed E-state index contributed by atoms with van der Waals surface area (Å²) in [5, 5.41) is 4.47. The zero-order valence-electron chi connectivity index (χ0n) is 11.4. The molecule has 2 aromatic rings. The van der Waals surface area contributed by atoms with E-state index in [-0.39, 0.29) is 20.0 Å². The van der Waals surface area contributed by atoms with E-state index in [4.69, 9.17) is 34.8 Å². The van der Waals surface area contributed by atoms with Crippen molar-refractivity contribution in [3.05, 3.63) is 44.7 Å².